The maximum Gasteiger partial charge on any atom is 0.511 e. The van der Waals surface area contributed by atoms with E-state index in [0.717, 1.165) is 5.56 Å². The van der Waals surface area contributed by atoms with Crippen LogP contribution in [0.1, 0.15) is 39.7 Å². The van der Waals surface area contributed by atoms with E-state index in [1.165, 1.54) is 6.92 Å². The fraction of sp³-hybridized carbons (Fsp3) is 0.526. The lowest BCUT2D eigenvalue weighted by Crippen LogP contribution is -2.27. The SMILES string of the molecule is CCOC(=O)OC(C)OC(=O)C(C)CC(C)C(=O)OCc1ccccc1. The largest absolute Gasteiger partial charge is 0.511 e. The second-order valence-electron chi connectivity index (χ2n) is 5.94. The Morgan fingerprint density at radius 1 is 0.885 bits per heavy atom. The van der Waals surface area contributed by atoms with Crippen molar-refractivity contribution in [3.63, 3.8) is 0 Å². The molecule has 0 bridgehead atoms. The van der Waals surface area contributed by atoms with Gasteiger partial charge in [-0.1, -0.05) is 44.2 Å². The second-order valence-corrected chi connectivity index (χ2v) is 5.94. The molecule has 0 heterocycles. The van der Waals surface area contributed by atoms with Crippen LogP contribution in [-0.4, -0.2) is 31.0 Å². The van der Waals surface area contributed by atoms with Crippen LogP contribution in [0.2, 0.25) is 0 Å². The monoisotopic (exact) mass is 366 g/mol. The van der Waals surface area contributed by atoms with Gasteiger partial charge in [0.2, 0.25) is 6.29 Å². The van der Waals surface area contributed by atoms with Crippen LogP contribution in [0.25, 0.3) is 0 Å². The predicted octanol–water partition coefficient (Wildman–Crippen LogP) is 3.45. The van der Waals surface area contributed by atoms with Gasteiger partial charge in [0, 0.05) is 6.92 Å². The van der Waals surface area contributed by atoms with E-state index < -0.39 is 30.3 Å². The summed E-state index contributed by atoms with van der Waals surface area (Å²) in [6.07, 6.45) is -1.71. The summed E-state index contributed by atoms with van der Waals surface area (Å²) in [5.41, 5.74) is 0.894. The zero-order valence-corrected chi connectivity index (χ0v) is 15.6. The summed E-state index contributed by atoms with van der Waals surface area (Å²) in [5, 5.41) is 0. The summed E-state index contributed by atoms with van der Waals surface area (Å²) < 4.78 is 19.6. The molecule has 0 aliphatic heterocycles. The normalized spacial score (nSPS) is 13.8. The van der Waals surface area contributed by atoms with Crippen molar-refractivity contribution >= 4 is 18.1 Å². The molecular weight excluding hydrogens is 340 g/mol. The Hall–Kier alpha value is -2.57. The van der Waals surface area contributed by atoms with Crippen LogP contribution in [0.5, 0.6) is 0 Å². The van der Waals surface area contributed by atoms with E-state index >= 15 is 0 Å². The third kappa shape index (κ3) is 8.00. The minimum absolute atomic E-state index is 0.165. The summed E-state index contributed by atoms with van der Waals surface area (Å²) in [5.74, 6) is -1.97. The first-order valence-electron chi connectivity index (χ1n) is 8.57. The number of hydrogen-bond donors (Lipinski definition) is 0. The number of rotatable bonds is 9. The Balaban J connectivity index is 2.37. The van der Waals surface area contributed by atoms with Gasteiger partial charge < -0.3 is 18.9 Å². The van der Waals surface area contributed by atoms with Crippen molar-refractivity contribution in [3.8, 4) is 0 Å². The van der Waals surface area contributed by atoms with Crippen LogP contribution < -0.4 is 0 Å². The van der Waals surface area contributed by atoms with E-state index in [2.05, 4.69) is 4.74 Å². The van der Waals surface area contributed by atoms with Gasteiger partial charge in [-0.2, -0.15) is 0 Å². The molecule has 3 atom stereocenters. The maximum atomic E-state index is 12.1. The summed E-state index contributed by atoms with van der Waals surface area (Å²) in [6, 6.07) is 9.34. The van der Waals surface area contributed by atoms with Crippen molar-refractivity contribution < 1.29 is 33.3 Å². The molecule has 7 heteroatoms. The van der Waals surface area contributed by atoms with Gasteiger partial charge in [-0.3, -0.25) is 9.59 Å². The molecule has 0 aliphatic rings. The van der Waals surface area contributed by atoms with Crippen LogP contribution in [0.4, 0.5) is 4.79 Å². The number of carbonyl (C=O) groups excluding carboxylic acids is 3. The van der Waals surface area contributed by atoms with Gasteiger partial charge in [0.15, 0.2) is 0 Å². The Morgan fingerprint density at radius 3 is 2.12 bits per heavy atom. The molecule has 0 N–H and O–H groups in total. The highest BCUT2D eigenvalue weighted by Crippen LogP contribution is 2.17. The third-order valence-corrected chi connectivity index (χ3v) is 3.54. The van der Waals surface area contributed by atoms with Gasteiger partial charge in [-0.15, -0.1) is 0 Å². The van der Waals surface area contributed by atoms with Crippen LogP contribution in [0.3, 0.4) is 0 Å². The van der Waals surface area contributed by atoms with Crippen LogP contribution in [-0.2, 0) is 35.1 Å². The number of carbonyl (C=O) groups is 3. The number of hydrogen-bond acceptors (Lipinski definition) is 7. The minimum Gasteiger partial charge on any atom is -0.461 e. The molecule has 1 aromatic carbocycles. The van der Waals surface area contributed by atoms with Crippen molar-refractivity contribution in [2.24, 2.45) is 11.8 Å². The molecule has 0 radical (unpaired) electrons. The van der Waals surface area contributed by atoms with Gasteiger partial charge in [0.25, 0.3) is 0 Å². The Bertz CT molecular complexity index is 585. The fourth-order valence-corrected chi connectivity index (χ4v) is 2.18. The molecule has 7 nitrogen and oxygen atoms in total. The number of esters is 2. The van der Waals surface area contributed by atoms with Crippen molar-refractivity contribution in [2.45, 2.75) is 47.0 Å². The highest BCUT2D eigenvalue weighted by atomic mass is 16.8. The standard InChI is InChI=1S/C19H26O7/c1-5-23-19(22)26-15(4)25-18(21)14(3)11-13(2)17(20)24-12-16-9-7-6-8-10-16/h6-10,13-15H,5,11-12H2,1-4H3. The molecule has 0 fully saturated rings. The quantitative estimate of drug-likeness (QED) is 0.376. The topological polar surface area (TPSA) is 88.1 Å². The molecule has 0 aliphatic carbocycles. The summed E-state index contributed by atoms with van der Waals surface area (Å²) in [4.78, 5) is 35.2. The fourth-order valence-electron chi connectivity index (χ4n) is 2.18. The third-order valence-electron chi connectivity index (χ3n) is 3.54. The van der Waals surface area contributed by atoms with Gasteiger partial charge in [-0.05, 0) is 18.9 Å². The number of ether oxygens (including phenoxy) is 4. The van der Waals surface area contributed by atoms with E-state index in [1.54, 1.807) is 20.8 Å². The van der Waals surface area contributed by atoms with Crippen LogP contribution >= 0.6 is 0 Å². The van der Waals surface area contributed by atoms with Crippen LogP contribution in [0, 0.1) is 11.8 Å². The van der Waals surface area contributed by atoms with E-state index in [4.69, 9.17) is 14.2 Å². The van der Waals surface area contributed by atoms with E-state index in [1.807, 2.05) is 30.3 Å². The molecular formula is C19H26O7. The van der Waals surface area contributed by atoms with Gasteiger partial charge in [0.1, 0.15) is 6.61 Å². The molecule has 0 saturated carbocycles. The van der Waals surface area contributed by atoms with E-state index in [-0.39, 0.29) is 25.6 Å². The molecule has 3 unspecified atom stereocenters. The van der Waals surface area contributed by atoms with Crippen molar-refractivity contribution in [2.75, 3.05) is 6.61 Å². The van der Waals surface area contributed by atoms with E-state index in [9.17, 15) is 14.4 Å². The zero-order chi connectivity index (χ0) is 19.5. The summed E-state index contributed by atoms with van der Waals surface area (Å²) in [6.45, 7) is 6.74. The zero-order valence-electron chi connectivity index (χ0n) is 15.6. The Morgan fingerprint density at radius 2 is 1.50 bits per heavy atom. The van der Waals surface area contributed by atoms with Gasteiger partial charge in [-0.25, -0.2) is 4.79 Å². The molecule has 0 amide bonds. The van der Waals surface area contributed by atoms with Crippen LogP contribution in [0.15, 0.2) is 30.3 Å². The summed E-state index contributed by atoms with van der Waals surface area (Å²) in [7, 11) is 0. The molecule has 0 saturated heterocycles. The average molecular weight is 366 g/mol. The molecule has 0 spiro atoms. The highest BCUT2D eigenvalue weighted by Gasteiger charge is 2.25. The average Bonchev–Trinajstić information content (AvgIpc) is 2.60. The maximum absolute atomic E-state index is 12.1. The predicted molar refractivity (Wildman–Crippen MR) is 92.8 cm³/mol. The van der Waals surface area contributed by atoms with E-state index in [0.29, 0.717) is 0 Å². The smallest absolute Gasteiger partial charge is 0.461 e. The first kappa shape index (κ1) is 21.5. The van der Waals surface area contributed by atoms with Gasteiger partial charge in [0.05, 0.1) is 18.4 Å². The summed E-state index contributed by atoms with van der Waals surface area (Å²) >= 11 is 0. The Labute approximate surface area is 153 Å². The lowest BCUT2D eigenvalue weighted by atomic mass is 9.97. The number of benzene rings is 1. The first-order chi connectivity index (χ1) is 12.3. The molecule has 0 aromatic heterocycles. The van der Waals surface area contributed by atoms with Crippen molar-refractivity contribution in [1.82, 2.24) is 0 Å². The molecule has 26 heavy (non-hydrogen) atoms. The first-order valence-corrected chi connectivity index (χ1v) is 8.57. The molecule has 1 aromatic rings. The second kappa shape index (κ2) is 11.1. The Kier molecular flexibility index (Phi) is 9.19. The molecule has 1 rings (SSSR count). The van der Waals surface area contributed by atoms with Gasteiger partial charge >= 0.3 is 18.1 Å². The lowest BCUT2D eigenvalue weighted by molar-refractivity contribution is -0.173. The van der Waals surface area contributed by atoms with Crippen molar-refractivity contribution in [1.29, 1.82) is 0 Å². The lowest BCUT2D eigenvalue weighted by Gasteiger charge is -2.18. The molecule has 144 valence electrons. The van der Waals surface area contributed by atoms with Crippen molar-refractivity contribution in [3.05, 3.63) is 35.9 Å². The minimum atomic E-state index is -1.07. The highest BCUT2D eigenvalue weighted by molar-refractivity contribution is 5.75.